The summed E-state index contributed by atoms with van der Waals surface area (Å²) in [5, 5.41) is 18.5. The molecule has 0 amide bonds. The fraction of sp³-hybridized carbons (Fsp3) is 0.111. The van der Waals surface area contributed by atoms with E-state index in [9.17, 15) is 0 Å². The molecule has 1 aromatic carbocycles. The highest BCUT2D eigenvalue weighted by Crippen LogP contribution is 2.08. The predicted octanol–water partition coefficient (Wildman–Crippen LogP) is 1.97. The summed E-state index contributed by atoms with van der Waals surface area (Å²) in [6.07, 6.45) is 0. The maximum Gasteiger partial charge on any atom is 0.0992 e. The summed E-state index contributed by atoms with van der Waals surface area (Å²) in [5.41, 5.74) is 1.38. The number of nitriles is 1. The fourth-order valence-corrected chi connectivity index (χ4v) is 0.883. The number of amidine groups is 1. The van der Waals surface area contributed by atoms with Gasteiger partial charge in [-0.1, -0.05) is 6.07 Å². The van der Waals surface area contributed by atoms with Crippen LogP contribution < -0.4 is 5.32 Å². The van der Waals surface area contributed by atoms with E-state index in [1.165, 1.54) is 0 Å². The Morgan fingerprint density at radius 2 is 2.33 bits per heavy atom. The number of benzene rings is 1. The van der Waals surface area contributed by atoms with Gasteiger partial charge in [-0.25, -0.2) is 0 Å². The highest BCUT2D eigenvalue weighted by Gasteiger charge is 1.93. The first-order chi connectivity index (χ1) is 5.72. The van der Waals surface area contributed by atoms with Crippen molar-refractivity contribution in [1.82, 2.24) is 0 Å². The topological polar surface area (TPSA) is 59.7 Å². The van der Waals surface area contributed by atoms with Crippen LogP contribution in [0.1, 0.15) is 12.5 Å². The van der Waals surface area contributed by atoms with Gasteiger partial charge in [0.05, 0.1) is 17.5 Å². The smallest absolute Gasteiger partial charge is 0.0992 e. The van der Waals surface area contributed by atoms with E-state index in [0.717, 1.165) is 5.69 Å². The van der Waals surface area contributed by atoms with E-state index >= 15 is 0 Å². The van der Waals surface area contributed by atoms with E-state index in [2.05, 4.69) is 5.32 Å². The lowest BCUT2D eigenvalue weighted by molar-refractivity contribution is 1.43. The number of hydrogen-bond donors (Lipinski definition) is 2. The summed E-state index contributed by atoms with van der Waals surface area (Å²) in [4.78, 5) is 0. The zero-order valence-corrected chi connectivity index (χ0v) is 6.76. The average Bonchev–Trinajstić information content (AvgIpc) is 2.03. The van der Waals surface area contributed by atoms with Crippen molar-refractivity contribution in [2.45, 2.75) is 6.92 Å². The first-order valence-electron chi connectivity index (χ1n) is 3.54. The molecule has 0 saturated heterocycles. The van der Waals surface area contributed by atoms with Crippen LogP contribution in [0.3, 0.4) is 0 Å². The summed E-state index contributed by atoms with van der Waals surface area (Å²) >= 11 is 0. The molecule has 0 aliphatic heterocycles. The van der Waals surface area contributed by atoms with Gasteiger partial charge in [-0.3, -0.25) is 5.41 Å². The number of rotatable bonds is 1. The number of hydrogen-bond acceptors (Lipinski definition) is 2. The lowest BCUT2D eigenvalue weighted by Gasteiger charge is -2.02. The molecule has 0 fully saturated rings. The van der Waals surface area contributed by atoms with Crippen molar-refractivity contribution in [3.8, 4) is 6.07 Å². The number of anilines is 1. The van der Waals surface area contributed by atoms with E-state index in [-0.39, 0.29) is 0 Å². The minimum absolute atomic E-state index is 0.366. The second-order valence-corrected chi connectivity index (χ2v) is 2.44. The Morgan fingerprint density at radius 1 is 1.58 bits per heavy atom. The van der Waals surface area contributed by atoms with E-state index in [1.807, 2.05) is 12.1 Å². The molecule has 0 unspecified atom stereocenters. The molecule has 3 nitrogen and oxygen atoms in total. The molecule has 0 aromatic heterocycles. The number of nitrogens with one attached hydrogen (secondary N) is 2. The molecule has 0 atom stereocenters. The summed E-state index contributed by atoms with van der Waals surface area (Å²) < 4.78 is 0. The van der Waals surface area contributed by atoms with E-state index in [0.29, 0.717) is 11.4 Å². The van der Waals surface area contributed by atoms with Crippen molar-refractivity contribution >= 4 is 11.5 Å². The molecule has 0 bridgehead atoms. The predicted molar refractivity (Wildman–Crippen MR) is 48.2 cm³/mol. The third kappa shape index (κ3) is 2.10. The first kappa shape index (κ1) is 8.28. The van der Waals surface area contributed by atoms with Crippen LogP contribution in [0.15, 0.2) is 24.3 Å². The Morgan fingerprint density at radius 3 is 2.92 bits per heavy atom. The molecule has 3 heteroatoms. The van der Waals surface area contributed by atoms with Gasteiger partial charge in [0.15, 0.2) is 0 Å². The summed E-state index contributed by atoms with van der Waals surface area (Å²) in [7, 11) is 0. The fourth-order valence-electron chi connectivity index (χ4n) is 0.883. The molecule has 0 aliphatic rings. The molecular formula is C9H9N3. The van der Waals surface area contributed by atoms with E-state index < -0.39 is 0 Å². The molecule has 12 heavy (non-hydrogen) atoms. The molecule has 0 spiro atoms. The second-order valence-electron chi connectivity index (χ2n) is 2.44. The van der Waals surface area contributed by atoms with Crippen LogP contribution >= 0.6 is 0 Å². The van der Waals surface area contributed by atoms with Crippen LogP contribution in [0.4, 0.5) is 5.69 Å². The third-order valence-corrected chi connectivity index (χ3v) is 1.32. The normalized spacial score (nSPS) is 8.67. The summed E-state index contributed by atoms with van der Waals surface area (Å²) in [6, 6.07) is 9.06. The van der Waals surface area contributed by atoms with E-state index in [1.54, 1.807) is 25.1 Å². The third-order valence-electron chi connectivity index (χ3n) is 1.32. The molecule has 0 heterocycles. The van der Waals surface area contributed by atoms with Crippen LogP contribution in [0.25, 0.3) is 0 Å². The molecule has 60 valence electrons. The molecule has 0 radical (unpaired) electrons. The van der Waals surface area contributed by atoms with Gasteiger partial charge in [-0.15, -0.1) is 0 Å². The zero-order valence-electron chi connectivity index (χ0n) is 6.76. The van der Waals surface area contributed by atoms with Gasteiger partial charge in [0.25, 0.3) is 0 Å². The lowest BCUT2D eigenvalue weighted by atomic mass is 10.2. The zero-order chi connectivity index (χ0) is 8.97. The molecular weight excluding hydrogens is 150 g/mol. The highest BCUT2D eigenvalue weighted by molar-refractivity contribution is 5.91. The molecule has 1 rings (SSSR count). The van der Waals surface area contributed by atoms with Gasteiger partial charge in [0.1, 0.15) is 0 Å². The Balaban J connectivity index is 2.88. The Labute approximate surface area is 71.2 Å². The van der Waals surface area contributed by atoms with Crippen molar-refractivity contribution < 1.29 is 0 Å². The lowest BCUT2D eigenvalue weighted by Crippen LogP contribution is -2.04. The van der Waals surface area contributed by atoms with Crippen molar-refractivity contribution in [1.29, 1.82) is 10.7 Å². The van der Waals surface area contributed by atoms with Gasteiger partial charge >= 0.3 is 0 Å². The molecule has 2 N–H and O–H groups in total. The monoisotopic (exact) mass is 159 g/mol. The standard InChI is InChI=1S/C9H9N3/c1-7(11)12-9-4-2-3-8(5-9)6-10/h2-5H,1H3,(H2,11,12). The van der Waals surface area contributed by atoms with Gasteiger partial charge in [0, 0.05) is 5.69 Å². The van der Waals surface area contributed by atoms with Gasteiger partial charge in [-0.2, -0.15) is 5.26 Å². The van der Waals surface area contributed by atoms with E-state index in [4.69, 9.17) is 10.7 Å². The summed E-state index contributed by atoms with van der Waals surface area (Å²) in [5.74, 6) is 0.366. The summed E-state index contributed by atoms with van der Waals surface area (Å²) in [6.45, 7) is 1.65. The van der Waals surface area contributed by atoms with Crippen molar-refractivity contribution in [3.63, 3.8) is 0 Å². The quantitative estimate of drug-likeness (QED) is 0.486. The van der Waals surface area contributed by atoms with Crippen LogP contribution in [0.5, 0.6) is 0 Å². The molecule has 0 aliphatic carbocycles. The van der Waals surface area contributed by atoms with Crippen LogP contribution in [0.2, 0.25) is 0 Å². The second kappa shape index (κ2) is 3.54. The maximum atomic E-state index is 8.56. The highest BCUT2D eigenvalue weighted by atomic mass is 14.9. The Hall–Kier alpha value is -1.82. The minimum atomic E-state index is 0.366. The van der Waals surface area contributed by atoms with Crippen molar-refractivity contribution in [2.24, 2.45) is 0 Å². The largest absolute Gasteiger partial charge is 0.344 e. The molecule has 1 aromatic rings. The Kier molecular flexibility index (Phi) is 2.44. The van der Waals surface area contributed by atoms with Crippen molar-refractivity contribution in [2.75, 3.05) is 5.32 Å². The number of nitrogens with zero attached hydrogens (tertiary/aromatic N) is 1. The van der Waals surface area contributed by atoms with Crippen molar-refractivity contribution in [3.05, 3.63) is 29.8 Å². The first-order valence-corrected chi connectivity index (χ1v) is 3.54. The van der Waals surface area contributed by atoms with Gasteiger partial charge in [0.2, 0.25) is 0 Å². The van der Waals surface area contributed by atoms with Crippen LogP contribution in [-0.4, -0.2) is 5.84 Å². The Bertz CT molecular complexity index is 336. The van der Waals surface area contributed by atoms with Gasteiger partial charge in [-0.05, 0) is 25.1 Å². The average molecular weight is 159 g/mol. The molecule has 0 saturated carbocycles. The van der Waals surface area contributed by atoms with Gasteiger partial charge < -0.3 is 5.32 Å². The van der Waals surface area contributed by atoms with Crippen LogP contribution in [0, 0.1) is 16.7 Å². The van der Waals surface area contributed by atoms with Crippen LogP contribution in [-0.2, 0) is 0 Å². The maximum absolute atomic E-state index is 8.56. The minimum Gasteiger partial charge on any atom is -0.344 e. The SMILES string of the molecule is CC(=N)Nc1cccc(C#N)c1.